The molecule has 3 aromatic rings. The normalized spacial score (nSPS) is 13.7. The highest BCUT2D eigenvalue weighted by molar-refractivity contribution is 6.11. The fourth-order valence-electron chi connectivity index (χ4n) is 7.43. The predicted molar refractivity (Wildman–Crippen MR) is 293 cm³/mol. The highest BCUT2D eigenvalue weighted by Gasteiger charge is 2.47. The average Bonchev–Trinajstić information content (AvgIpc) is 3.96. The molecule has 5 heterocycles. The van der Waals surface area contributed by atoms with Crippen molar-refractivity contribution < 1.29 is 15.7 Å². The minimum absolute atomic E-state index is 0. The SMILES string of the molecule is C#CC#CC#CC#CC#CC#CC#CC#CC#CC#CC#CC#CC#CC.N#Cc1cccc2c1CC1(CCN(c3cnc4c(n3)CN=C4N3CCCc4ncccc43)CC1)[C@@H]2N.N=N/N=N/N=N/N=N/N.[HH].[HH].[HH].[HH].[HH].[HH].[HH].[HH].[HH].[HH].[HH]. The maximum absolute atomic E-state index is 9.56. The Labute approximate surface area is 434 Å². The molecular formula is C55H57N17. The van der Waals surface area contributed by atoms with Gasteiger partial charge in [-0.25, -0.2) is 9.97 Å². The Bertz CT molecular complexity index is 3650. The second-order valence-electron chi connectivity index (χ2n) is 14.3. The average molecular weight is 956 g/mol. The van der Waals surface area contributed by atoms with Crippen molar-refractivity contribution in [2.24, 2.45) is 58.5 Å². The zero-order valence-electron chi connectivity index (χ0n) is 38.5. The molecule has 0 amide bonds. The van der Waals surface area contributed by atoms with E-state index in [-0.39, 0.29) is 27.1 Å². The van der Waals surface area contributed by atoms with Gasteiger partial charge in [0.05, 0.1) is 41.4 Å². The van der Waals surface area contributed by atoms with Crippen molar-refractivity contribution in [3.05, 3.63) is 76.5 Å². The maximum Gasteiger partial charge on any atom is 0.156 e. The van der Waals surface area contributed by atoms with E-state index in [0.717, 1.165) is 103 Å². The Morgan fingerprint density at radius 2 is 1.32 bits per heavy atom. The number of amidine groups is 1. The lowest BCUT2D eigenvalue weighted by atomic mass is 9.73. The lowest BCUT2D eigenvalue weighted by Gasteiger charge is -2.42. The summed E-state index contributed by atoms with van der Waals surface area (Å²) in [6.07, 6.45) is 13.6. The Morgan fingerprint density at radius 3 is 1.89 bits per heavy atom. The summed E-state index contributed by atoms with van der Waals surface area (Å²) in [7, 11) is 0. The topological polar surface area (TPSA) is 244 Å². The molecule has 4 aliphatic rings. The van der Waals surface area contributed by atoms with Crippen molar-refractivity contribution in [3.63, 3.8) is 0 Å². The molecule has 0 radical (unpaired) electrons. The van der Waals surface area contributed by atoms with E-state index in [9.17, 15) is 5.26 Å². The van der Waals surface area contributed by atoms with Crippen LogP contribution in [0.2, 0.25) is 0 Å². The van der Waals surface area contributed by atoms with E-state index in [0.29, 0.717) is 6.54 Å². The van der Waals surface area contributed by atoms with Crippen LogP contribution in [0.15, 0.2) is 84.3 Å². The van der Waals surface area contributed by atoms with Crippen LogP contribution in [0.4, 0.5) is 11.5 Å². The van der Waals surface area contributed by atoms with Gasteiger partial charge in [0.25, 0.3) is 0 Å². The molecule has 0 unspecified atom stereocenters. The predicted octanol–water partition coefficient (Wildman–Crippen LogP) is 7.68. The van der Waals surface area contributed by atoms with Gasteiger partial charge in [-0.2, -0.15) is 10.8 Å². The summed E-state index contributed by atoms with van der Waals surface area (Å²) in [6.45, 7) is 4.95. The number of nitriles is 1. The summed E-state index contributed by atoms with van der Waals surface area (Å²) in [4.78, 5) is 23.9. The summed E-state index contributed by atoms with van der Waals surface area (Å²) in [5, 5.41) is 29.0. The standard InChI is InChI=1S/C28H28N8.C27H4.H3N9.11H2/c29-15-18-4-1-5-19-20(18)14-28(26(19)30)8-12-35(13-9-28)24-17-32-25-22(34-24)16-33-27(25)36-11-3-6-21-23(36)7-2-10-31-21;1-3-5-7-9-11-13-15-17-19-21-23-25-27-26-24-22-20-18-16-14-12-10-8-6-4-2;1-3-5-7-9-8-6-4-2;;;;;;;;;;;/h1-2,4-5,7,10,17,26H,3,6,8-9,11-14,16,30H2;1H,2H3;(H3,1,2,5,6,9);11*1H/t26-;;;;;;;;;;;;;/m1............./s1. The molecule has 1 fully saturated rings. The molecule has 3 aliphatic heterocycles. The summed E-state index contributed by atoms with van der Waals surface area (Å²) in [5.41, 5.74) is 20.0. The van der Waals surface area contributed by atoms with E-state index in [4.69, 9.17) is 32.6 Å². The van der Waals surface area contributed by atoms with Gasteiger partial charge in [0.1, 0.15) is 11.5 Å². The van der Waals surface area contributed by atoms with E-state index in [2.05, 4.69) is 223 Å². The second kappa shape index (κ2) is 29.3. The number of anilines is 2. The maximum atomic E-state index is 9.56. The Kier molecular flexibility index (Phi) is 21.0. The van der Waals surface area contributed by atoms with Crippen LogP contribution >= 0.6 is 0 Å². The van der Waals surface area contributed by atoms with Gasteiger partial charge in [-0.15, -0.1) is 6.42 Å². The fraction of sp³-hybridized carbons (Fsp3) is 0.218. The molecule has 362 valence electrons. The summed E-state index contributed by atoms with van der Waals surface area (Å²) in [6, 6.07) is 12.4. The molecule has 0 saturated carbocycles. The van der Waals surface area contributed by atoms with Crippen molar-refractivity contribution in [3.8, 4) is 161 Å². The molecule has 72 heavy (non-hydrogen) atoms. The van der Waals surface area contributed by atoms with Crippen LogP contribution < -0.4 is 21.4 Å². The van der Waals surface area contributed by atoms with Crippen LogP contribution in [-0.4, -0.2) is 40.4 Å². The summed E-state index contributed by atoms with van der Waals surface area (Å²) in [5.74, 6) is 68.2. The third-order valence-corrected chi connectivity index (χ3v) is 10.4. The van der Waals surface area contributed by atoms with Crippen molar-refractivity contribution in [1.29, 1.82) is 10.8 Å². The van der Waals surface area contributed by atoms with Crippen LogP contribution in [0.5, 0.6) is 0 Å². The van der Waals surface area contributed by atoms with Gasteiger partial charge < -0.3 is 21.4 Å². The zero-order valence-corrected chi connectivity index (χ0v) is 38.5. The Balaban J connectivity index is -0.000000223. The van der Waals surface area contributed by atoms with Gasteiger partial charge in [-0.05, 0) is 200 Å². The summed E-state index contributed by atoms with van der Waals surface area (Å²) >= 11 is 0. The highest BCUT2D eigenvalue weighted by atomic mass is 15.6. The number of aromatic nitrogens is 3. The zero-order chi connectivity index (χ0) is 50.9. The quantitative estimate of drug-likeness (QED) is 0.101. The molecule has 0 bridgehead atoms. The van der Waals surface area contributed by atoms with Gasteiger partial charge in [-0.3, -0.25) is 9.98 Å². The molecule has 5 N–H and O–H groups in total. The minimum atomic E-state index is -0.0214. The number of nitrogens with zero attached hydrogens (tertiary/aromatic N) is 14. The smallest absolute Gasteiger partial charge is 0.156 e. The molecular weight excluding hydrogens is 899 g/mol. The van der Waals surface area contributed by atoms with Crippen LogP contribution in [0.1, 0.15) is 81.7 Å². The first kappa shape index (κ1) is 51.6. The largest absolute Gasteiger partial charge is 0.355 e. The number of nitrogens with two attached hydrogens (primary N) is 2. The number of rotatable bonds is 4. The lowest BCUT2D eigenvalue weighted by molar-refractivity contribution is 0.187. The lowest BCUT2D eigenvalue weighted by Crippen LogP contribution is -2.44. The molecule has 7 rings (SSSR count). The van der Waals surface area contributed by atoms with Crippen LogP contribution in [0.3, 0.4) is 0 Å². The van der Waals surface area contributed by atoms with Crippen LogP contribution in [0, 0.1) is 177 Å². The van der Waals surface area contributed by atoms with E-state index in [1.165, 1.54) is 0 Å². The fourth-order valence-corrected chi connectivity index (χ4v) is 7.43. The number of terminal acetylenes is 1. The number of aliphatic imine (C=N–C) groups is 1. The van der Waals surface area contributed by atoms with Gasteiger partial charge >= 0.3 is 0 Å². The molecule has 1 spiro atoms. The minimum Gasteiger partial charge on any atom is -0.355 e. The molecule has 1 aliphatic carbocycles. The van der Waals surface area contributed by atoms with Gasteiger partial charge in [0, 0.05) is 94.9 Å². The van der Waals surface area contributed by atoms with E-state index < -0.39 is 0 Å². The Hall–Kier alpha value is -11.3. The monoisotopic (exact) mass is 955 g/mol. The molecule has 1 aromatic carbocycles. The number of fused-ring (bicyclic) bond motifs is 3. The van der Waals surface area contributed by atoms with E-state index in [1.54, 1.807) is 6.92 Å². The number of hydrogen-bond acceptors (Lipinski definition) is 10. The molecule has 1 atom stereocenters. The van der Waals surface area contributed by atoms with Crippen LogP contribution in [-0.2, 0) is 19.4 Å². The first-order chi connectivity index (χ1) is 35.5. The third-order valence-electron chi connectivity index (χ3n) is 10.4. The van der Waals surface area contributed by atoms with Gasteiger partial charge in [-0.1, -0.05) is 23.3 Å². The molecule has 17 heteroatoms. The third kappa shape index (κ3) is 15.4. The summed E-state index contributed by atoms with van der Waals surface area (Å²) < 4.78 is 0. The second-order valence-corrected chi connectivity index (χ2v) is 14.3. The molecule has 2 aromatic heterocycles. The first-order valence-corrected chi connectivity index (χ1v) is 21.3. The van der Waals surface area contributed by atoms with Gasteiger partial charge in [0.2, 0.25) is 0 Å². The number of aryl methyl sites for hydroxylation is 1. The molecule has 1 saturated heterocycles. The number of benzene rings is 1. The van der Waals surface area contributed by atoms with Crippen molar-refractivity contribution in [1.82, 2.24) is 15.0 Å². The van der Waals surface area contributed by atoms with Crippen LogP contribution in [0.25, 0.3) is 0 Å². The Morgan fingerprint density at radius 1 is 0.736 bits per heavy atom. The number of piperidine rings is 1. The number of nitrogens with one attached hydrogen (secondary N) is 1. The number of pyridine rings is 1. The van der Waals surface area contributed by atoms with Gasteiger partial charge in [0.15, 0.2) is 5.84 Å². The first-order valence-electron chi connectivity index (χ1n) is 21.3. The van der Waals surface area contributed by atoms with E-state index in [1.807, 2.05) is 30.6 Å². The van der Waals surface area contributed by atoms with Crippen molar-refractivity contribution in [2.45, 2.75) is 51.6 Å². The highest BCUT2D eigenvalue weighted by Crippen LogP contribution is 2.51. The van der Waals surface area contributed by atoms with Crippen molar-refractivity contribution in [2.75, 3.05) is 29.4 Å². The van der Waals surface area contributed by atoms with E-state index >= 15 is 0 Å². The number of hydrogen-bond donors (Lipinski definition) is 3. The van der Waals surface area contributed by atoms with Crippen molar-refractivity contribution >= 4 is 17.3 Å². The molecule has 17 nitrogen and oxygen atoms in total.